The van der Waals surface area contributed by atoms with Crippen molar-refractivity contribution in [3.05, 3.63) is 23.8 Å². The summed E-state index contributed by atoms with van der Waals surface area (Å²) in [4.78, 5) is 12.1. The van der Waals surface area contributed by atoms with Crippen LogP contribution in [0.1, 0.15) is 23.7 Å². The van der Waals surface area contributed by atoms with Crippen molar-refractivity contribution < 1.29 is 31.8 Å². The Kier molecular flexibility index (Phi) is 4.36. The predicted molar refractivity (Wildman–Crippen MR) is 65.1 cm³/mol. The second kappa shape index (κ2) is 5.88. The van der Waals surface area contributed by atoms with Gasteiger partial charge in [0.1, 0.15) is 0 Å². The van der Waals surface area contributed by atoms with Crippen LogP contribution in [-0.4, -0.2) is 31.1 Å². The van der Waals surface area contributed by atoms with E-state index >= 15 is 0 Å². The summed E-state index contributed by atoms with van der Waals surface area (Å²) in [7, 11) is 0. The summed E-state index contributed by atoms with van der Waals surface area (Å²) in [6.07, 6.45) is -8.28. The molecule has 8 heteroatoms. The zero-order valence-electron chi connectivity index (χ0n) is 11.0. The molecule has 0 aromatic heterocycles. The lowest BCUT2D eigenvalue weighted by molar-refractivity contribution is -0.190. The van der Waals surface area contributed by atoms with Crippen molar-refractivity contribution in [1.82, 2.24) is 5.32 Å². The number of fused-ring (bicyclic) bond motifs is 1. The highest BCUT2D eigenvalue weighted by Crippen LogP contribution is 2.33. The number of halogens is 4. The minimum atomic E-state index is -5.05. The van der Waals surface area contributed by atoms with Gasteiger partial charge in [-0.05, 0) is 24.6 Å². The highest BCUT2D eigenvalue weighted by Gasteiger charge is 2.42. The van der Waals surface area contributed by atoms with Gasteiger partial charge in [-0.2, -0.15) is 13.2 Å². The summed E-state index contributed by atoms with van der Waals surface area (Å²) in [6, 6.07) is 2.98. The number of carbonyl (C=O) groups excluding carboxylic acids is 1. The Hall–Kier alpha value is -1.83. The summed E-state index contributed by atoms with van der Waals surface area (Å²) in [6.45, 7) is 1.51. The third-order valence-electron chi connectivity index (χ3n) is 3.02. The monoisotopic (exact) mass is 307 g/mol. The third kappa shape index (κ3) is 3.44. The molecule has 21 heavy (non-hydrogen) atoms. The number of ketones is 1. The second-order valence-electron chi connectivity index (χ2n) is 4.46. The molecule has 2 unspecified atom stereocenters. The molecule has 2 rings (SSSR count). The number of nitrogens with one attached hydrogen (secondary N) is 1. The molecule has 0 radical (unpaired) electrons. The van der Waals surface area contributed by atoms with Crippen molar-refractivity contribution in [2.24, 2.45) is 0 Å². The first-order chi connectivity index (χ1) is 9.82. The zero-order valence-corrected chi connectivity index (χ0v) is 11.0. The summed E-state index contributed by atoms with van der Waals surface area (Å²) in [5, 5.41) is 1.66. The van der Waals surface area contributed by atoms with Crippen molar-refractivity contribution in [3.63, 3.8) is 0 Å². The van der Waals surface area contributed by atoms with Crippen LogP contribution in [0.3, 0.4) is 0 Å². The van der Waals surface area contributed by atoms with Gasteiger partial charge in [0, 0.05) is 5.56 Å². The molecule has 0 bridgehead atoms. The topological polar surface area (TPSA) is 47.6 Å². The van der Waals surface area contributed by atoms with E-state index in [4.69, 9.17) is 9.47 Å². The standard InChI is InChI=1S/C13H13F4NO3/c1-2-8(18-12(14)13(15,16)17)11(19)7-3-4-9-10(5-7)21-6-20-9/h3-5,8,12,18H,2,6H2,1H3. The van der Waals surface area contributed by atoms with Gasteiger partial charge in [0.25, 0.3) is 0 Å². The molecule has 2 atom stereocenters. The zero-order chi connectivity index (χ0) is 15.6. The average Bonchev–Trinajstić information content (AvgIpc) is 2.89. The summed E-state index contributed by atoms with van der Waals surface area (Å²) in [5.41, 5.74) is 0.132. The van der Waals surface area contributed by atoms with Gasteiger partial charge in [-0.1, -0.05) is 6.92 Å². The molecule has 1 aliphatic heterocycles. The minimum Gasteiger partial charge on any atom is -0.454 e. The number of Topliss-reactive ketones (excluding diaryl/α,β-unsaturated/α-hetero) is 1. The molecule has 116 valence electrons. The maximum absolute atomic E-state index is 13.0. The molecule has 1 aliphatic rings. The second-order valence-corrected chi connectivity index (χ2v) is 4.46. The van der Waals surface area contributed by atoms with Crippen molar-refractivity contribution >= 4 is 5.78 Å². The molecule has 0 saturated heterocycles. The van der Waals surface area contributed by atoms with E-state index in [0.29, 0.717) is 11.5 Å². The first-order valence-corrected chi connectivity index (χ1v) is 6.23. The summed E-state index contributed by atoms with van der Waals surface area (Å²) < 4.78 is 59.8. The van der Waals surface area contributed by atoms with E-state index in [1.165, 1.54) is 25.1 Å². The van der Waals surface area contributed by atoms with E-state index in [1.807, 2.05) is 0 Å². The van der Waals surface area contributed by atoms with Crippen LogP contribution in [0.5, 0.6) is 11.5 Å². The maximum Gasteiger partial charge on any atom is 0.433 e. The van der Waals surface area contributed by atoms with Crippen LogP contribution in [0.25, 0.3) is 0 Å². The van der Waals surface area contributed by atoms with E-state index in [2.05, 4.69) is 0 Å². The Labute approximate surface area is 118 Å². The van der Waals surface area contributed by atoms with Crippen LogP contribution in [0.2, 0.25) is 0 Å². The third-order valence-corrected chi connectivity index (χ3v) is 3.02. The Bertz CT molecular complexity index is 533. The largest absolute Gasteiger partial charge is 0.454 e. The fourth-order valence-corrected chi connectivity index (χ4v) is 1.90. The molecular formula is C13H13F4NO3. The molecule has 1 heterocycles. The summed E-state index contributed by atoms with van der Waals surface area (Å²) >= 11 is 0. The first-order valence-electron chi connectivity index (χ1n) is 6.23. The van der Waals surface area contributed by atoms with Gasteiger partial charge in [-0.25, -0.2) is 4.39 Å². The van der Waals surface area contributed by atoms with Gasteiger partial charge < -0.3 is 9.47 Å². The maximum atomic E-state index is 13.0. The Balaban J connectivity index is 2.13. The lowest BCUT2D eigenvalue weighted by Gasteiger charge is -2.20. The van der Waals surface area contributed by atoms with Gasteiger partial charge in [0.15, 0.2) is 17.3 Å². The number of hydrogen-bond acceptors (Lipinski definition) is 4. The van der Waals surface area contributed by atoms with E-state index in [1.54, 1.807) is 5.32 Å². The van der Waals surface area contributed by atoms with E-state index in [-0.39, 0.29) is 18.8 Å². The molecule has 0 spiro atoms. The van der Waals surface area contributed by atoms with Gasteiger partial charge in [0.05, 0.1) is 6.04 Å². The van der Waals surface area contributed by atoms with Crippen molar-refractivity contribution in [2.75, 3.05) is 6.79 Å². The molecule has 0 aliphatic carbocycles. The molecular weight excluding hydrogens is 294 g/mol. The summed E-state index contributed by atoms with van der Waals surface area (Å²) in [5.74, 6) is 0.150. The van der Waals surface area contributed by atoms with Gasteiger partial charge >= 0.3 is 6.18 Å². The normalized spacial score (nSPS) is 16.6. The molecule has 4 nitrogen and oxygen atoms in total. The Morgan fingerprint density at radius 3 is 2.62 bits per heavy atom. The number of ether oxygens (including phenoxy) is 2. The number of benzene rings is 1. The van der Waals surface area contributed by atoms with Crippen molar-refractivity contribution in [2.45, 2.75) is 31.9 Å². The minimum absolute atomic E-state index is 0.0169. The van der Waals surface area contributed by atoms with Gasteiger partial charge in [-0.3, -0.25) is 10.1 Å². The lowest BCUT2D eigenvalue weighted by Crippen LogP contribution is -2.47. The molecule has 1 aromatic carbocycles. The highest BCUT2D eigenvalue weighted by molar-refractivity contribution is 6.00. The van der Waals surface area contributed by atoms with E-state index in [0.717, 1.165) is 0 Å². The molecule has 1 N–H and O–H groups in total. The van der Waals surface area contributed by atoms with Crippen LogP contribution in [-0.2, 0) is 0 Å². The van der Waals surface area contributed by atoms with Crippen LogP contribution in [0.4, 0.5) is 17.6 Å². The highest BCUT2D eigenvalue weighted by atomic mass is 19.4. The fraction of sp³-hybridized carbons (Fsp3) is 0.462. The van der Waals surface area contributed by atoms with Crippen molar-refractivity contribution in [1.29, 1.82) is 0 Å². The number of carbonyl (C=O) groups is 1. The van der Waals surface area contributed by atoms with Crippen LogP contribution < -0.4 is 14.8 Å². The number of alkyl halides is 4. The number of hydrogen-bond donors (Lipinski definition) is 1. The fourth-order valence-electron chi connectivity index (χ4n) is 1.90. The van der Waals surface area contributed by atoms with Crippen LogP contribution in [0.15, 0.2) is 18.2 Å². The van der Waals surface area contributed by atoms with Crippen LogP contribution >= 0.6 is 0 Å². The molecule has 0 fully saturated rings. The molecule has 0 saturated carbocycles. The van der Waals surface area contributed by atoms with Gasteiger partial charge in [0.2, 0.25) is 13.1 Å². The molecule has 0 amide bonds. The number of rotatable bonds is 5. The Morgan fingerprint density at radius 2 is 2.00 bits per heavy atom. The first kappa shape index (κ1) is 15.6. The Morgan fingerprint density at radius 1 is 1.33 bits per heavy atom. The van der Waals surface area contributed by atoms with Gasteiger partial charge in [-0.15, -0.1) is 0 Å². The van der Waals surface area contributed by atoms with E-state index in [9.17, 15) is 22.4 Å². The molecule has 1 aromatic rings. The van der Waals surface area contributed by atoms with Crippen molar-refractivity contribution in [3.8, 4) is 11.5 Å². The van der Waals surface area contributed by atoms with E-state index < -0.39 is 24.3 Å². The predicted octanol–water partition coefficient (Wildman–Crippen LogP) is 2.82. The smallest absolute Gasteiger partial charge is 0.433 e. The average molecular weight is 307 g/mol. The van der Waals surface area contributed by atoms with Crippen LogP contribution in [0, 0.1) is 0 Å². The SMILES string of the molecule is CCC(NC(F)C(F)(F)F)C(=O)c1ccc2c(c1)OCO2. The quantitative estimate of drug-likeness (QED) is 0.516. The lowest BCUT2D eigenvalue weighted by atomic mass is 10.0.